The highest BCUT2D eigenvalue weighted by atomic mass is 16.7. The molecule has 0 aliphatic heterocycles. The summed E-state index contributed by atoms with van der Waals surface area (Å²) in [6, 6.07) is 5.01. The SMILES string of the molecule is Cc1ccc(Cc2cc(=O)[nH]c(N[N+](=O)[O-])n2)cn1. The molecule has 0 unspecified atom stereocenters. The average molecular weight is 261 g/mol. The molecule has 0 spiro atoms. The number of rotatable bonds is 4. The molecule has 2 aromatic rings. The van der Waals surface area contributed by atoms with Crippen LogP contribution in [0, 0.1) is 17.0 Å². The summed E-state index contributed by atoms with van der Waals surface area (Å²) >= 11 is 0. The Kier molecular flexibility index (Phi) is 3.51. The van der Waals surface area contributed by atoms with E-state index in [0.717, 1.165) is 11.3 Å². The van der Waals surface area contributed by atoms with Gasteiger partial charge in [-0.05, 0) is 18.6 Å². The molecule has 19 heavy (non-hydrogen) atoms. The lowest BCUT2D eigenvalue weighted by molar-refractivity contribution is -0.446. The van der Waals surface area contributed by atoms with Crippen molar-refractivity contribution in [3.63, 3.8) is 0 Å². The van der Waals surface area contributed by atoms with Crippen LogP contribution in [0.5, 0.6) is 0 Å². The van der Waals surface area contributed by atoms with Gasteiger partial charge in [-0.3, -0.25) is 14.8 Å². The van der Waals surface area contributed by atoms with Crippen molar-refractivity contribution in [3.05, 3.63) is 61.8 Å². The fraction of sp³-hybridized carbons (Fsp3) is 0.182. The monoisotopic (exact) mass is 261 g/mol. The van der Waals surface area contributed by atoms with Crippen molar-refractivity contribution < 1.29 is 5.03 Å². The van der Waals surface area contributed by atoms with E-state index < -0.39 is 10.6 Å². The van der Waals surface area contributed by atoms with Gasteiger partial charge >= 0.3 is 0 Å². The first-order chi connectivity index (χ1) is 9.02. The van der Waals surface area contributed by atoms with Gasteiger partial charge in [-0.15, -0.1) is 0 Å². The van der Waals surface area contributed by atoms with E-state index in [1.54, 1.807) is 6.20 Å². The molecule has 98 valence electrons. The molecule has 2 N–H and O–H groups in total. The van der Waals surface area contributed by atoms with Crippen LogP contribution in [-0.2, 0) is 6.42 Å². The van der Waals surface area contributed by atoms with Crippen molar-refractivity contribution >= 4 is 5.95 Å². The second kappa shape index (κ2) is 5.25. The lowest BCUT2D eigenvalue weighted by Crippen LogP contribution is -2.17. The van der Waals surface area contributed by atoms with Crippen LogP contribution in [0.2, 0.25) is 0 Å². The summed E-state index contributed by atoms with van der Waals surface area (Å²) in [4.78, 5) is 32.0. The van der Waals surface area contributed by atoms with E-state index in [1.165, 1.54) is 6.07 Å². The number of hydrazine groups is 1. The van der Waals surface area contributed by atoms with Gasteiger partial charge in [0.15, 0.2) is 5.03 Å². The first-order valence-electron chi connectivity index (χ1n) is 5.46. The van der Waals surface area contributed by atoms with E-state index in [-0.39, 0.29) is 5.95 Å². The Morgan fingerprint density at radius 1 is 1.47 bits per heavy atom. The van der Waals surface area contributed by atoms with Crippen LogP contribution in [0.15, 0.2) is 29.2 Å². The topological polar surface area (TPSA) is 114 Å². The number of nitrogens with one attached hydrogen (secondary N) is 2. The normalized spacial score (nSPS) is 10.2. The van der Waals surface area contributed by atoms with Crippen LogP contribution in [-0.4, -0.2) is 20.0 Å². The van der Waals surface area contributed by atoms with Crippen LogP contribution in [0.4, 0.5) is 5.95 Å². The van der Waals surface area contributed by atoms with Gasteiger partial charge in [-0.2, -0.15) is 0 Å². The van der Waals surface area contributed by atoms with Crippen molar-refractivity contribution in [1.29, 1.82) is 0 Å². The molecule has 0 radical (unpaired) electrons. The zero-order valence-electron chi connectivity index (χ0n) is 10.1. The fourth-order valence-electron chi connectivity index (χ4n) is 1.55. The van der Waals surface area contributed by atoms with E-state index in [2.05, 4.69) is 15.0 Å². The molecule has 0 aliphatic rings. The maximum absolute atomic E-state index is 11.4. The molecule has 0 aliphatic carbocycles. The zero-order chi connectivity index (χ0) is 13.8. The third kappa shape index (κ3) is 3.60. The number of aromatic nitrogens is 3. The van der Waals surface area contributed by atoms with Crippen molar-refractivity contribution in [1.82, 2.24) is 15.0 Å². The minimum atomic E-state index is -0.782. The number of aryl methyl sites for hydroxylation is 1. The molecule has 2 heterocycles. The van der Waals surface area contributed by atoms with Gasteiger partial charge in [0.05, 0.1) is 5.69 Å². The molecule has 8 heteroatoms. The first kappa shape index (κ1) is 12.7. The van der Waals surface area contributed by atoms with E-state index in [4.69, 9.17) is 0 Å². The molecule has 0 saturated carbocycles. The standard InChI is InChI=1S/C11H11N5O3/c1-7-2-3-8(6-12-7)4-9-5-10(17)14-11(13-9)15-16(18)19/h2-3,5-6H,4H2,1H3,(H2,13,14,15,17). The highest BCUT2D eigenvalue weighted by Gasteiger charge is 2.06. The number of nitro groups is 1. The number of nitrogens with zero attached hydrogens (tertiary/aromatic N) is 3. The fourth-order valence-corrected chi connectivity index (χ4v) is 1.55. The molecule has 0 fully saturated rings. The number of pyridine rings is 1. The predicted molar refractivity (Wildman–Crippen MR) is 67.3 cm³/mol. The van der Waals surface area contributed by atoms with Crippen LogP contribution in [0.3, 0.4) is 0 Å². The number of aromatic amines is 1. The molecule has 0 aromatic carbocycles. The van der Waals surface area contributed by atoms with Crippen molar-refractivity contribution in [2.75, 3.05) is 5.43 Å². The minimum absolute atomic E-state index is 0.187. The molecular weight excluding hydrogens is 250 g/mol. The molecule has 2 aromatic heterocycles. The Labute approximate surface area is 107 Å². The van der Waals surface area contributed by atoms with Crippen LogP contribution in [0.1, 0.15) is 17.0 Å². The van der Waals surface area contributed by atoms with Crippen LogP contribution in [0.25, 0.3) is 0 Å². The lowest BCUT2D eigenvalue weighted by Gasteiger charge is -2.02. The summed E-state index contributed by atoms with van der Waals surface area (Å²) < 4.78 is 0. The zero-order valence-corrected chi connectivity index (χ0v) is 10.1. The van der Waals surface area contributed by atoms with Crippen LogP contribution < -0.4 is 11.0 Å². The second-order valence-electron chi connectivity index (χ2n) is 3.94. The predicted octanol–water partition coefficient (Wildman–Crippen LogP) is 0.668. The highest BCUT2D eigenvalue weighted by molar-refractivity contribution is 5.25. The molecular formula is C11H11N5O3. The van der Waals surface area contributed by atoms with Gasteiger partial charge < -0.3 is 0 Å². The summed E-state index contributed by atoms with van der Waals surface area (Å²) in [6.45, 7) is 1.87. The third-order valence-electron chi connectivity index (χ3n) is 2.35. The van der Waals surface area contributed by atoms with E-state index in [9.17, 15) is 14.9 Å². The Hall–Kier alpha value is -2.77. The van der Waals surface area contributed by atoms with E-state index >= 15 is 0 Å². The number of H-pyrrole nitrogens is 1. The molecule has 0 amide bonds. The number of anilines is 1. The van der Waals surface area contributed by atoms with Gasteiger partial charge in [-0.25, -0.2) is 15.1 Å². The smallest absolute Gasteiger partial charge is 0.265 e. The highest BCUT2D eigenvalue weighted by Crippen LogP contribution is 2.06. The van der Waals surface area contributed by atoms with E-state index in [0.29, 0.717) is 12.1 Å². The summed E-state index contributed by atoms with van der Waals surface area (Å²) in [5.74, 6) is -0.187. The largest absolute Gasteiger partial charge is 0.288 e. The minimum Gasteiger partial charge on any atom is -0.288 e. The third-order valence-corrected chi connectivity index (χ3v) is 2.35. The summed E-state index contributed by atoms with van der Waals surface area (Å²) in [5, 5.41) is 9.53. The summed E-state index contributed by atoms with van der Waals surface area (Å²) in [6.07, 6.45) is 2.06. The quantitative estimate of drug-likeness (QED) is 0.617. The van der Waals surface area contributed by atoms with Crippen LogP contribution >= 0.6 is 0 Å². The Morgan fingerprint density at radius 3 is 2.89 bits per heavy atom. The van der Waals surface area contributed by atoms with Gasteiger partial charge in [0.2, 0.25) is 0 Å². The molecule has 8 nitrogen and oxygen atoms in total. The van der Waals surface area contributed by atoms with Gasteiger partial charge in [0.25, 0.3) is 11.5 Å². The van der Waals surface area contributed by atoms with Crippen molar-refractivity contribution in [2.24, 2.45) is 0 Å². The van der Waals surface area contributed by atoms with Gasteiger partial charge in [-0.1, -0.05) is 11.5 Å². The number of hydrogen-bond acceptors (Lipinski definition) is 5. The molecule has 0 atom stereocenters. The van der Waals surface area contributed by atoms with Crippen molar-refractivity contribution in [2.45, 2.75) is 13.3 Å². The molecule has 2 rings (SSSR count). The van der Waals surface area contributed by atoms with Gasteiger partial charge in [0, 0.05) is 24.4 Å². The van der Waals surface area contributed by atoms with Gasteiger partial charge in [0.1, 0.15) is 0 Å². The first-order valence-corrected chi connectivity index (χ1v) is 5.46. The summed E-state index contributed by atoms with van der Waals surface area (Å²) in [7, 11) is 0. The Balaban J connectivity index is 2.24. The average Bonchev–Trinajstić information content (AvgIpc) is 2.30. The molecule has 0 saturated heterocycles. The molecule has 0 bridgehead atoms. The van der Waals surface area contributed by atoms with E-state index in [1.807, 2.05) is 24.5 Å². The van der Waals surface area contributed by atoms with Crippen molar-refractivity contribution in [3.8, 4) is 0 Å². The number of hydrogen-bond donors (Lipinski definition) is 2. The maximum atomic E-state index is 11.4. The lowest BCUT2D eigenvalue weighted by atomic mass is 10.1. The second-order valence-corrected chi connectivity index (χ2v) is 3.94. The Morgan fingerprint density at radius 2 is 2.26 bits per heavy atom. The summed E-state index contributed by atoms with van der Waals surface area (Å²) in [5.41, 5.74) is 3.56. The Bertz CT molecular complexity index is 650. The maximum Gasteiger partial charge on any atom is 0.265 e.